The number of ether oxygens (including phenoxy) is 2. The Labute approximate surface area is 188 Å². The van der Waals surface area contributed by atoms with Crippen LogP contribution in [0.4, 0.5) is 0 Å². The molecule has 2 aromatic rings. The van der Waals surface area contributed by atoms with Gasteiger partial charge in [0.1, 0.15) is 18.7 Å². The van der Waals surface area contributed by atoms with Crippen molar-refractivity contribution in [2.75, 3.05) is 33.4 Å². The smallest absolute Gasteiger partial charge is 0.249 e. The van der Waals surface area contributed by atoms with Crippen molar-refractivity contribution < 1.29 is 14.3 Å². The number of methoxy groups -OCH3 is 1. The summed E-state index contributed by atoms with van der Waals surface area (Å²) in [6, 6.07) is 4.48. The second-order valence-electron chi connectivity index (χ2n) is 8.24. The standard InChI is InChI=1S/C22H31N5O3S/c1-16-10-19(29-3)11-17(2)22(16)31-27-7-5-4-6-18(27)13-30-14-21(28)25-8-9-26-15-23-24-20(26)12-25/h10-11,15,18H,4-9,12-14H2,1-3H3. The van der Waals surface area contributed by atoms with Gasteiger partial charge in [-0.15, -0.1) is 10.2 Å². The van der Waals surface area contributed by atoms with Crippen molar-refractivity contribution >= 4 is 17.9 Å². The van der Waals surface area contributed by atoms with Crippen molar-refractivity contribution in [2.45, 2.75) is 57.1 Å². The number of nitrogens with zero attached hydrogens (tertiary/aromatic N) is 5. The first-order chi connectivity index (χ1) is 15.0. The fourth-order valence-electron chi connectivity index (χ4n) is 4.20. The molecule has 31 heavy (non-hydrogen) atoms. The first-order valence-electron chi connectivity index (χ1n) is 10.9. The Kier molecular flexibility index (Phi) is 7.14. The van der Waals surface area contributed by atoms with Crippen molar-refractivity contribution in [1.29, 1.82) is 0 Å². The number of rotatable bonds is 7. The SMILES string of the molecule is COc1cc(C)c(SN2CCCCC2COCC(=O)N2CCn3cnnc3C2)c(C)c1. The van der Waals surface area contributed by atoms with Crippen LogP contribution in [0.1, 0.15) is 36.2 Å². The molecular weight excluding hydrogens is 414 g/mol. The van der Waals surface area contributed by atoms with E-state index in [2.05, 4.69) is 40.5 Å². The molecule has 1 aromatic heterocycles. The summed E-state index contributed by atoms with van der Waals surface area (Å²) < 4.78 is 15.7. The third-order valence-electron chi connectivity index (χ3n) is 5.98. The van der Waals surface area contributed by atoms with Crippen molar-refractivity contribution in [1.82, 2.24) is 24.0 Å². The van der Waals surface area contributed by atoms with E-state index in [-0.39, 0.29) is 12.5 Å². The van der Waals surface area contributed by atoms with Gasteiger partial charge in [0.15, 0.2) is 5.82 Å². The van der Waals surface area contributed by atoms with Gasteiger partial charge in [-0.1, -0.05) is 6.42 Å². The fraction of sp³-hybridized carbons (Fsp3) is 0.591. The molecule has 1 atom stereocenters. The molecule has 1 fully saturated rings. The monoisotopic (exact) mass is 445 g/mol. The molecule has 0 N–H and O–H groups in total. The topological polar surface area (TPSA) is 72.7 Å². The molecule has 1 aromatic carbocycles. The number of aromatic nitrogens is 3. The van der Waals surface area contributed by atoms with E-state index in [1.165, 1.54) is 28.9 Å². The quantitative estimate of drug-likeness (QED) is 0.607. The van der Waals surface area contributed by atoms with Crippen LogP contribution >= 0.6 is 11.9 Å². The predicted molar refractivity (Wildman–Crippen MR) is 119 cm³/mol. The van der Waals surface area contributed by atoms with Crippen LogP contribution in [0.2, 0.25) is 0 Å². The lowest BCUT2D eigenvalue weighted by Gasteiger charge is -2.35. The average molecular weight is 446 g/mol. The van der Waals surface area contributed by atoms with E-state index in [1.54, 1.807) is 13.4 Å². The van der Waals surface area contributed by atoms with Gasteiger partial charge in [0, 0.05) is 30.6 Å². The molecule has 0 aliphatic carbocycles. The molecule has 0 spiro atoms. The summed E-state index contributed by atoms with van der Waals surface area (Å²) in [5.74, 6) is 1.75. The second-order valence-corrected chi connectivity index (χ2v) is 9.30. The molecular formula is C22H31N5O3S. The summed E-state index contributed by atoms with van der Waals surface area (Å²) in [5.41, 5.74) is 2.44. The zero-order valence-corrected chi connectivity index (χ0v) is 19.4. The molecule has 9 heteroatoms. The first-order valence-corrected chi connectivity index (χ1v) is 11.6. The number of fused-ring (bicyclic) bond motifs is 1. The number of carbonyl (C=O) groups is 1. The van der Waals surface area contributed by atoms with Gasteiger partial charge in [0.2, 0.25) is 5.91 Å². The lowest BCUT2D eigenvalue weighted by Crippen LogP contribution is -2.42. The zero-order chi connectivity index (χ0) is 21.8. The lowest BCUT2D eigenvalue weighted by molar-refractivity contribution is -0.138. The number of hydrogen-bond acceptors (Lipinski definition) is 7. The summed E-state index contributed by atoms with van der Waals surface area (Å²) in [7, 11) is 1.70. The Hall–Kier alpha value is -2.10. The number of benzene rings is 1. The van der Waals surface area contributed by atoms with E-state index in [4.69, 9.17) is 9.47 Å². The van der Waals surface area contributed by atoms with Gasteiger partial charge >= 0.3 is 0 Å². The van der Waals surface area contributed by atoms with E-state index in [9.17, 15) is 4.79 Å². The van der Waals surface area contributed by atoms with Crippen LogP contribution in [-0.4, -0.2) is 69.3 Å². The van der Waals surface area contributed by atoms with Crippen LogP contribution in [0, 0.1) is 13.8 Å². The maximum atomic E-state index is 12.6. The number of carbonyl (C=O) groups excluding carboxylic acids is 1. The molecule has 0 bridgehead atoms. The number of hydrogen-bond donors (Lipinski definition) is 0. The maximum absolute atomic E-state index is 12.6. The predicted octanol–water partition coefficient (Wildman–Crippen LogP) is 2.82. The van der Waals surface area contributed by atoms with Gasteiger partial charge in [-0.3, -0.25) is 4.79 Å². The van der Waals surface area contributed by atoms with Crippen LogP contribution in [-0.2, 0) is 22.6 Å². The number of piperidine rings is 1. The fourth-order valence-corrected chi connectivity index (χ4v) is 5.38. The van der Waals surface area contributed by atoms with Gasteiger partial charge in [-0.2, -0.15) is 0 Å². The van der Waals surface area contributed by atoms with Crippen LogP contribution in [0.25, 0.3) is 0 Å². The van der Waals surface area contributed by atoms with Crippen molar-refractivity contribution in [2.24, 2.45) is 0 Å². The summed E-state index contributed by atoms with van der Waals surface area (Å²) in [4.78, 5) is 15.7. The highest BCUT2D eigenvalue weighted by atomic mass is 32.2. The molecule has 1 saturated heterocycles. The van der Waals surface area contributed by atoms with Crippen LogP contribution in [0.3, 0.4) is 0 Å². The second kappa shape index (κ2) is 10.0. The highest BCUT2D eigenvalue weighted by Gasteiger charge is 2.26. The first kappa shape index (κ1) is 22.1. The number of aryl methyl sites for hydroxylation is 2. The molecule has 1 amide bonds. The molecule has 4 rings (SSSR count). The van der Waals surface area contributed by atoms with E-state index in [1.807, 2.05) is 21.4 Å². The van der Waals surface area contributed by atoms with Crippen molar-refractivity contribution in [3.05, 3.63) is 35.4 Å². The Morgan fingerprint density at radius 1 is 1.19 bits per heavy atom. The molecule has 1 unspecified atom stereocenters. The normalized spacial score (nSPS) is 19.3. The Bertz CT molecular complexity index is 895. The zero-order valence-electron chi connectivity index (χ0n) is 18.5. The highest BCUT2D eigenvalue weighted by Crippen LogP contribution is 2.36. The molecule has 2 aliphatic heterocycles. The minimum atomic E-state index is 0.0195. The molecule has 3 heterocycles. The third-order valence-corrected chi connectivity index (χ3v) is 7.52. The maximum Gasteiger partial charge on any atom is 0.249 e. The minimum absolute atomic E-state index is 0.0195. The molecule has 2 aliphatic rings. The van der Waals surface area contributed by atoms with Crippen molar-refractivity contribution in [3.63, 3.8) is 0 Å². The van der Waals surface area contributed by atoms with Gasteiger partial charge in [0.25, 0.3) is 0 Å². The van der Waals surface area contributed by atoms with E-state index >= 15 is 0 Å². The van der Waals surface area contributed by atoms with E-state index < -0.39 is 0 Å². The van der Waals surface area contributed by atoms with E-state index in [0.29, 0.717) is 25.7 Å². The average Bonchev–Trinajstić information content (AvgIpc) is 3.24. The van der Waals surface area contributed by atoms with Crippen LogP contribution < -0.4 is 4.74 Å². The van der Waals surface area contributed by atoms with Crippen LogP contribution in [0.5, 0.6) is 5.75 Å². The minimum Gasteiger partial charge on any atom is -0.497 e. The Balaban J connectivity index is 1.31. The Morgan fingerprint density at radius 2 is 2.00 bits per heavy atom. The van der Waals surface area contributed by atoms with Crippen molar-refractivity contribution in [3.8, 4) is 5.75 Å². The molecule has 0 saturated carbocycles. The molecule has 168 valence electrons. The van der Waals surface area contributed by atoms with Gasteiger partial charge in [-0.25, -0.2) is 4.31 Å². The molecule has 0 radical (unpaired) electrons. The summed E-state index contributed by atoms with van der Waals surface area (Å²) >= 11 is 1.81. The van der Waals surface area contributed by atoms with Gasteiger partial charge < -0.3 is 18.9 Å². The Morgan fingerprint density at radius 3 is 2.77 bits per heavy atom. The summed E-state index contributed by atoms with van der Waals surface area (Å²) in [6.07, 6.45) is 5.18. The third kappa shape index (κ3) is 5.22. The lowest BCUT2D eigenvalue weighted by atomic mass is 10.1. The van der Waals surface area contributed by atoms with E-state index in [0.717, 1.165) is 31.1 Å². The summed E-state index contributed by atoms with van der Waals surface area (Å²) in [5, 5.41) is 7.99. The van der Waals surface area contributed by atoms with Crippen LogP contribution in [0.15, 0.2) is 23.4 Å². The van der Waals surface area contributed by atoms with Gasteiger partial charge in [0.05, 0.1) is 20.3 Å². The molecule has 8 nitrogen and oxygen atoms in total. The van der Waals surface area contributed by atoms with Gasteiger partial charge in [-0.05, 0) is 61.9 Å². The highest BCUT2D eigenvalue weighted by molar-refractivity contribution is 7.97. The largest absolute Gasteiger partial charge is 0.497 e. The number of amides is 1. The summed E-state index contributed by atoms with van der Waals surface area (Å²) in [6.45, 7) is 7.89.